The van der Waals surface area contributed by atoms with Crippen molar-refractivity contribution in [3.63, 3.8) is 0 Å². The quantitative estimate of drug-likeness (QED) is 0.213. The maximum Gasteiger partial charge on any atom is 0.167 e. The predicted octanol–water partition coefficient (Wildman–Crippen LogP) is 8.23. The summed E-state index contributed by atoms with van der Waals surface area (Å²) in [6, 6.07) is 28.8. The van der Waals surface area contributed by atoms with E-state index >= 15 is 0 Å². The van der Waals surface area contributed by atoms with E-state index in [-0.39, 0.29) is 0 Å². The van der Waals surface area contributed by atoms with E-state index in [0.717, 1.165) is 43.1 Å². The van der Waals surface area contributed by atoms with Gasteiger partial charge in [0.25, 0.3) is 0 Å². The van der Waals surface area contributed by atoms with Gasteiger partial charge in [-0.05, 0) is 66.6 Å². The van der Waals surface area contributed by atoms with Crippen LogP contribution in [-0.2, 0) is 13.2 Å². The van der Waals surface area contributed by atoms with Gasteiger partial charge in [-0.15, -0.1) is 11.3 Å². The normalized spacial score (nSPS) is 10.9. The van der Waals surface area contributed by atoms with Crippen molar-refractivity contribution in [3.8, 4) is 22.1 Å². The zero-order chi connectivity index (χ0) is 24.2. The molecule has 1 aromatic heterocycles. The highest BCUT2D eigenvalue weighted by atomic mass is 79.9. The molecule has 4 aromatic carbocycles. The van der Waals surface area contributed by atoms with Crippen LogP contribution in [0.2, 0.25) is 0 Å². The Kier molecular flexibility index (Phi) is 7.02. The smallest absolute Gasteiger partial charge is 0.167 e. The Bertz CT molecular complexity index is 1450. The summed E-state index contributed by atoms with van der Waals surface area (Å²) in [7, 11) is 1.66. The molecule has 0 atom stereocenters. The average Bonchev–Trinajstić information content (AvgIpc) is 3.31. The number of aryl methyl sites for hydroxylation is 1. The molecule has 0 radical (unpaired) electrons. The Morgan fingerprint density at radius 1 is 0.943 bits per heavy atom. The predicted molar refractivity (Wildman–Crippen MR) is 149 cm³/mol. The fourth-order valence-electron chi connectivity index (χ4n) is 3.87. The summed E-state index contributed by atoms with van der Waals surface area (Å²) in [6.07, 6.45) is 0. The molecule has 0 fully saturated rings. The standard InChI is InChI=1S/C29H25BrN2O2S/c1-19-8-14-25-27(16-19)35-29(32-25)21-9-11-22(12-10-21)31-17-23-24(30)13-15-26(33-2)28(23)34-18-20-6-4-3-5-7-20/h3-16,31H,17-18H2,1-2H3. The number of nitrogens with one attached hydrogen (secondary N) is 1. The van der Waals surface area contributed by atoms with Crippen LogP contribution in [-0.4, -0.2) is 12.1 Å². The van der Waals surface area contributed by atoms with E-state index < -0.39 is 0 Å². The fourth-order valence-corrected chi connectivity index (χ4v) is 5.39. The number of fused-ring (bicyclic) bond motifs is 1. The largest absolute Gasteiger partial charge is 0.493 e. The third-order valence-corrected chi connectivity index (χ3v) is 7.57. The van der Waals surface area contributed by atoms with Crippen molar-refractivity contribution < 1.29 is 9.47 Å². The van der Waals surface area contributed by atoms with E-state index in [2.05, 4.69) is 82.8 Å². The minimum atomic E-state index is 0.469. The fraction of sp³-hybridized carbons (Fsp3) is 0.138. The Labute approximate surface area is 217 Å². The van der Waals surface area contributed by atoms with E-state index in [9.17, 15) is 0 Å². The molecule has 0 bridgehead atoms. The first-order valence-corrected chi connectivity index (χ1v) is 13.0. The molecule has 5 aromatic rings. The van der Waals surface area contributed by atoms with Crippen molar-refractivity contribution in [1.29, 1.82) is 0 Å². The van der Waals surface area contributed by atoms with Crippen molar-refractivity contribution in [3.05, 3.63) is 106 Å². The Morgan fingerprint density at radius 2 is 1.74 bits per heavy atom. The molecular formula is C29H25BrN2O2S. The van der Waals surface area contributed by atoms with Crippen LogP contribution in [0.3, 0.4) is 0 Å². The van der Waals surface area contributed by atoms with Crippen molar-refractivity contribution in [2.24, 2.45) is 0 Å². The maximum atomic E-state index is 6.23. The summed E-state index contributed by atoms with van der Waals surface area (Å²) in [6.45, 7) is 3.16. The number of benzene rings is 4. The summed E-state index contributed by atoms with van der Waals surface area (Å²) in [5.74, 6) is 1.45. The van der Waals surface area contributed by atoms with Gasteiger partial charge in [0.05, 0.1) is 17.3 Å². The molecule has 6 heteroatoms. The molecule has 5 rings (SSSR count). The number of ether oxygens (including phenoxy) is 2. The van der Waals surface area contributed by atoms with Crippen molar-refractivity contribution in [2.45, 2.75) is 20.1 Å². The molecule has 1 heterocycles. The van der Waals surface area contributed by atoms with Crippen molar-refractivity contribution in [2.75, 3.05) is 12.4 Å². The lowest BCUT2D eigenvalue weighted by molar-refractivity contribution is 0.281. The Morgan fingerprint density at radius 3 is 2.51 bits per heavy atom. The molecule has 176 valence electrons. The number of rotatable bonds is 8. The molecule has 0 aliphatic heterocycles. The highest BCUT2D eigenvalue weighted by Gasteiger charge is 2.15. The first-order valence-electron chi connectivity index (χ1n) is 11.3. The minimum absolute atomic E-state index is 0.469. The van der Waals surface area contributed by atoms with E-state index in [4.69, 9.17) is 14.5 Å². The van der Waals surface area contributed by atoms with Gasteiger partial charge >= 0.3 is 0 Å². The maximum absolute atomic E-state index is 6.23. The van der Waals surface area contributed by atoms with Crippen LogP contribution in [0.1, 0.15) is 16.7 Å². The lowest BCUT2D eigenvalue weighted by Crippen LogP contribution is -2.06. The van der Waals surface area contributed by atoms with Crippen LogP contribution < -0.4 is 14.8 Å². The van der Waals surface area contributed by atoms with E-state index in [1.807, 2.05) is 30.3 Å². The average molecular weight is 546 g/mol. The van der Waals surface area contributed by atoms with Gasteiger partial charge in [0.1, 0.15) is 11.6 Å². The van der Waals surface area contributed by atoms with Gasteiger partial charge in [-0.1, -0.05) is 52.3 Å². The number of methoxy groups -OCH3 is 1. The van der Waals surface area contributed by atoms with Crippen molar-refractivity contribution >= 4 is 43.2 Å². The molecule has 0 amide bonds. The highest BCUT2D eigenvalue weighted by Crippen LogP contribution is 2.37. The molecule has 35 heavy (non-hydrogen) atoms. The first-order chi connectivity index (χ1) is 17.1. The summed E-state index contributed by atoms with van der Waals surface area (Å²) in [4.78, 5) is 4.80. The molecular weight excluding hydrogens is 520 g/mol. The van der Waals surface area contributed by atoms with Crippen LogP contribution in [0.15, 0.2) is 89.4 Å². The second-order valence-electron chi connectivity index (χ2n) is 8.25. The lowest BCUT2D eigenvalue weighted by atomic mass is 10.1. The number of anilines is 1. The summed E-state index contributed by atoms with van der Waals surface area (Å²) in [5, 5.41) is 4.55. The summed E-state index contributed by atoms with van der Waals surface area (Å²) in [5.41, 5.74) is 6.55. The Balaban J connectivity index is 1.33. The molecule has 0 saturated carbocycles. The zero-order valence-corrected chi connectivity index (χ0v) is 21.9. The van der Waals surface area contributed by atoms with Crippen LogP contribution in [0.5, 0.6) is 11.5 Å². The zero-order valence-electron chi connectivity index (χ0n) is 19.5. The monoisotopic (exact) mass is 544 g/mol. The number of halogens is 1. The first kappa shape index (κ1) is 23.4. The van der Waals surface area contributed by atoms with Gasteiger partial charge in [-0.3, -0.25) is 0 Å². The number of thiazole rings is 1. The molecule has 0 spiro atoms. The van der Waals surface area contributed by atoms with Gasteiger partial charge in [0.2, 0.25) is 0 Å². The topological polar surface area (TPSA) is 43.4 Å². The molecule has 0 aliphatic rings. The van der Waals surface area contributed by atoms with Crippen LogP contribution in [0, 0.1) is 6.92 Å². The molecule has 0 saturated heterocycles. The Hall–Kier alpha value is -3.35. The van der Waals surface area contributed by atoms with E-state index in [0.29, 0.717) is 18.9 Å². The van der Waals surface area contributed by atoms with Crippen molar-refractivity contribution in [1.82, 2.24) is 4.98 Å². The minimum Gasteiger partial charge on any atom is -0.493 e. The summed E-state index contributed by atoms with van der Waals surface area (Å²) < 4.78 is 14.0. The van der Waals surface area contributed by atoms with E-state index in [1.165, 1.54) is 10.3 Å². The lowest BCUT2D eigenvalue weighted by Gasteiger charge is -2.18. The molecule has 1 N–H and O–H groups in total. The summed E-state index contributed by atoms with van der Waals surface area (Å²) >= 11 is 5.42. The third kappa shape index (κ3) is 5.34. The SMILES string of the molecule is COc1ccc(Br)c(CNc2ccc(-c3nc4ccc(C)cc4s3)cc2)c1OCc1ccccc1. The highest BCUT2D eigenvalue weighted by molar-refractivity contribution is 9.10. The number of nitrogens with zero attached hydrogens (tertiary/aromatic N) is 1. The number of hydrogen-bond donors (Lipinski definition) is 1. The van der Waals surface area contributed by atoms with Gasteiger partial charge in [-0.25, -0.2) is 4.98 Å². The van der Waals surface area contributed by atoms with Gasteiger partial charge in [-0.2, -0.15) is 0 Å². The molecule has 4 nitrogen and oxygen atoms in total. The van der Waals surface area contributed by atoms with Crippen LogP contribution >= 0.6 is 27.3 Å². The number of aromatic nitrogens is 1. The second kappa shape index (κ2) is 10.5. The molecule has 0 unspecified atom stereocenters. The molecule has 0 aliphatic carbocycles. The van der Waals surface area contributed by atoms with Crippen LogP contribution in [0.4, 0.5) is 5.69 Å². The second-order valence-corrected chi connectivity index (χ2v) is 10.1. The third-order valence-electron chi connectivity index (χ3n) is 5.76. The number of hydrogen-bond acceptors (Lipinski definition) is 5. The van der Waals surface area contributed by atoms with Gasteiger partial charge in [0.15, 0.2) is 11.5 Å². The van der Waals surface area contributed by atoms with Gasteiger partial charge < -0.3 is 14.8 Å². The van der Waals surface area contributed by atoms with E-state index in [1.54, 1.807) is 18.4 Å². The van der Waals surface area contributed by atoms with Gasteiger partial charge in [0, 0.05) is 27.8 Å². The van der Waals surface area contributed by atoms with Crippen LogP contribution in [0.25, 0.3) is 20.8 Å².